The van der Waals surface area contributed by atoms with E-state index in [-0.39, 0.29) is 11.6 Å². The highest BCUT2D eigenvalue weighted by Gasteiger charge is 2.18. The molecule has 0 atom stereocenters. The number of rotatable bonds is 6. The van der Waals surface area contributed by atoms with Gasteiger partial charge in [-0.3, -0.25) is 0 Å². The molecule has 3 aromatic heterocycles. The van der Waals surface area contributed by atoms with E-state index in [4.69, 9.17) is 5.11 Å². The summed E-state index contributed by atoms with van der Waals surface area (Å²) in [4.78, 5) is 21.5. The van der Waals surface area contributed by atoms with Crippen molar-refractivity contribution in [3.63, 3.8) is 0 Å². The lowest BCUT2D eigenvalue weighted by molar-refractivity contribution is 0.0691. The summed E-state index contributed by atoms with van der Waals surface area (Å²) in [6.07, 6.45) is 0. The summed E-state index contributed by atoms with van der Waals surface area (Å²) in [5, 5.41) is 23.9. The molecule has 0 spiro atoms. The van der Waals surface area contributed by atoms with Gasteiger partial charge >= 0.3 is 5.97 Å². The van der Waals surface area contributed by atoms with Crippen molar-refractivity contribution in [3.05, 3.63) is 47.0 Å². The van der Waals surface area contributed by atoms with Gasteiger partial charge in [0, 0.05) is 18.0 Å². The summed E-state index contributed by atoms with van der Waals surface area (Å²) in [7, 11) is 1.79. The lowest BCUT2D eigenvalue weighted by Gasteiger charge is -2.18. The number of nitrogens with zero attached hydrogens (tertiary/aromatic N) is 5. The molecule has 0 bridgehead atoms. The van der Waals surface area contributed by atoms with Crippen molar-refractivity contribution in [3.8, 4) is 0 Å². The Morgan fingerprint density at radius 3 is 2.69 bits per heavy atom. The first kappa shape index (κ1) is 19.2. The highest BCUT2D eigenvalue weighted by molar-refractivity contribution is 7.22. The number of fused-ring (bicyclic) bond motifs is 1. The highest BCUT2D eigenvalue weighted by Crippen LogP contribution is 2.33. The first-order valence-electron chi connectivity index (χ1n) is 8.85. The van der Waals surface area contributed by atoms with E-state index in [2.05, 4.69) is 39.3 Å². The van der Waals surface area contributed by atoms with Crippen LogP contribution in [0.1, 0.15) is 35.8 Å². The predicted octanol–water partition coefficient (Wildman–Crippen LogP) is 4.88. The molecule has 1 aromatic carbocycles. The van der Waals surface area contributed by atoms with Crippen molar-refractivity contribution in [2.45, 2.75) is 19.8 Å². The molecule has 2 N–H and O–H groups in total. The summed E-state index contributed by atoms with van der Waals surface area (Å²) in [6, 6.07) is 9.90. The van der Waals surface area contributed by atoms with Gasteiger partial charge in [-0.2, -0.15) is 0 Å². The summed E-state index contributed by atoms with van der Waals surface area (Å²) in [5.74, 6) is 0.391. The monoisotopic (exact) mass is 426 g/mol. The Morgan fingerprint density at radius 2 is 2.00 bits per heavy atom. The maximum Gasteiger partial charge on any atom is 0.355 e. The van der Waals surface area contributed by atoms with Crippen LogP contribution in [-0.4, -0.2) is 38.3 Å². The molecule has 10 heteroatoms. The summed E-state index contributed by atoms with van der Waals surface area (Å²) < 4.78 is 1.10. The average molecular weight is 427 g/mol. The summed E-state index contributed by atoms with van der Waals surface area (Å²) >= 11 is 2.81. The third kappa shape index (κ3) is 3.89. The Morgan fingerprint density at radius 1 is 1.21 bits per heavy atom. The van der Waals surface area contributed by atoms with Gasteiger partial charge in [0.2, 0.25) is 0 Å². The van der Waals surface area contributed by atoms with E-state index in [1.54, 1.807) is 23.3 Å². The molecular formula is C19H18N6O2S2. The van der Waals surface area contributed by atoms with Gasteiger partial charge in [0.15, 0.2) is 27.6 Å². The van der Waals surface area contributed by atoms with Gasteiger partial charge in [-0.05, 0) is 24.1 Å². The normalized spacial score (nSPS) is 11.2. The summed E-state index contributed by atoms with van der Waals surface area (Å²) in [5.41, 5.74) is 1.94. The lowest BCUT2D eigenvalue weighted by atomic mass is 10.0. The maximum absolute atomic E-state index is 11.1. The predicted molar refractivity (Wildman–Crippen MR) is 116 cm³/mol. The Hall–Kier alpha value is -3.11. The van der Waals surface area contributed by atoms with E-state index in [0.29, 0.717) is 16.8 Å². The van der Waals surface area contributed by atoms with Crippen LogP contribution >= 0.6 is 22.7 Å². The highest BCUT2D eigenvalue weighted by atomic mass is 32.1. The molecule has 0 radical (unpaired) electrons. The number of carbonyl (C=O) groups is 1. The average Bonchev–Trinajstić information content (AvgIpc) is 3.34. The number of aromatic nitrogens is 4. The second kappa shape index (κ2) is 7.72. The molecule has 0 amide bonds. The van der Waals surface area contributed by atoms with Crippen LogP contribution in [0.5, 0.6) is 0 Å². The second-order valence-corrected chi connectivity index (χ2v) is 8.52. The van der Waals surface area contributed by atoms with E-state index in [1.807, 2.05) is 30.3 Å². The Kier molecular flexibility index (Phi) is 5.12. The zero-order valence-corrected chi connectivity index (χ0v) is 17.6. The van der Waals surface area contributed by atoms with E-state index >= 15 is 0 Å². The van der Waals surface area contributed by atoms with Crippen LogP contribution in [0.15, 0.2) is 35.7 Å². The number of carboxylic acids is 1. The molecule has 0 aliphatic rings. The fourth-order valence-corrected chi connectivity index (χ4v) is 4.38. The van der Waals surface area contributed by atoms with Gasteiger partial charge < -0.3 is 15.3 Å². The van der Waals surface area contributed by atoms with Crippen molar-refractivity contribution >= 4 is 60.8 Å². The van der Waals surface area contributed by atoms with Crippen LogP contribution < -0.4 is 10.2 Å². The minimum Gasteiger partial charge on any atom is -0.476 e. The molecule has 3 heterocycles. The van der Waals surface area contributed by atoms with E-state index in [0.717, 1.165) is 20.9 Å². The molecule has 0 aliphatic heterocycles. The van der Waals surface area contributed by atoms with Crippen molar-refractivity contribution < 1.29 is 9.90 Å². The smallest absolute Gasteiger partial charge is 0.355 e. The number of para-hydroxylation sites is 1. The number of aromatic carboxylic acids is 1. The van der Waals surface area contributed by atoms with Gasteiger partial charge in [-0.25, -0.2) is 14.8 Å². The number of hydrogen-bond acceptors (Lipinski definition) is 9. The fourth-order valence-electron chi connectivity index (χ4n) is 2.74. The van der Waals surface area contributed by atoms with Crippen molar-refractivity contribution in [1.29, 1.82) is 0 Å². The fraction of sp³-hybridized carbons (Fsp3) is 0.211. The lowest BCUT2D eigenvalue weighted by Crippen LogP contribution is -2.14. The Bertz CT molecular complexity index is 1150. The molecule has 4 aromatic rings. The number of carboxylic acid groups (broad SMARTS) is 1. The number of thiazole rings is 2. The first-order chi connectivity index (χ1) is 13.9. The van der Waals surface area contributed by atoms with Gasteiger partial charge in [-0.1, -0.05) is 37.3 Å². The van der Waals surface area contributed by atoms with Crippen molar-refractivity contribution in [2.24, 2.45) is 0 Å². The number of hydrogen-bond donors (Lipinski definition) is 2. The van der Waals surface area contributed by atoms with Crippen LogP contribution in [0, 0.1) is 0 Å². The zero-order chi connectivity index (χ0) is 20.5. The van der Waals surface area contributed by atoms with Crippen molar-refractivity contribution in [2.75, 3.05) is 17.3 Å². The van der Waals surface area contributed by atoms with Gasteiger partial charge in [-0.15, -0.1) is 21.5 Å². The summed E-state index contributed by atoms with van der Waals surface area (Å²) in [6.45, 7) is 4.16. The van der Waals surface area contributed by atoms with Crippen LogP contribution in [0.25, 0.3) is 10.2 Å². The molecule has 4 rings (SSSR count). The topological polar surface area (TPSA) is 104 Å². The third-order valence-corrected chi connectivity index (χ3v) is 6.16. The molecule has 0 saturated heterocycles. The minimum absolute atomic E-state index is 0.0167. The van der Waals surface area contributed by atoms with Crippen LogP contribution in [0.2, 0.25) is 0 Å². The van der Waals surface area contributed by atoms with Gasteiger partial charge in [0.25, 0.3) is 0 Å². The molecule has 8 nitrogen and oxygen atoms in total. The molecule has 0 saturated carbocycles. The quantitative estimate of drug-likeness (QED) is 0.450. The van der Waals surface area contributed by atoms with E-state index < -0.39 is 5.97 Å². The van der Waals surface area contributed by atoms with E-state index in [1.165, 1.54) is 16.7 Å². The standard InChI is InChI=1S/C19H18N6O2S2/c1-10(2)11-8-15(25(3)19-21-13(9-28-19)17(26)27)23-24-16(11)22-18-20-12-6-4-5-7-14(12)29-18/h4-10H,1-3H3,(H,26,27)(H,20,22,24). The molecule has 148 valence electrons. The Balaban J connectivity index is 1.64. The molecule has 0 unspecified atom stereocenters. The maximum atomic E-state index is 11.1. The van der Waals surface area contributed by atoms with Crippen LogP contribution in [-0.2, 0) is 0 Å². The number of anilines is 4. The third-order valence-electron chi connectivity index (χ3n) is 4.29. The van der Waals surface area contributed by atoms with Crippen molar-refractivity contribution in [1.82, 2.24) is 20.2 Å². The second-order valence-electron chi connectivity index (χ2n) is 6.65. The minimum atomic E-state index is -1.05. The molecular weight excluding hydrogens is 408 g/mol. The Labute approximate surface area is 174 Å². The van der Waals surface area contributed by atoms with E-state index in [9.17, 15) is 4.79 Å². The molecule has 0 aliphatic carbocycles. The molecule has 29 heavy (non-hydrogen) atoms. The SMILES string of the molecule is CC(C)c1cc(N(C)c2nc(C(=O)O)cs2)nnc1Nc1nc2ccccc2s1. The molecule has 0 fully saturated rings. The number of benzene rings is 1. The van der Waals surface area contributed by atoms with Crippen LogP contribution in [0.3, 0.4) is 0 Å². The van der Waals surface area contributed by atoms with Gasteiger partial charge in [0.1, 0.15) is 0 Å². The van der Waals surface area contributed by atoms with Crippen LogP contribution in [0.4, 0.5) is 21.9 Å². The van der Waals surface area contributed by atoms with Gasteiger partial charge in [0.05, 0.1) is 10.2 Å². The first-order valence-corrected chi connectivity index (χ1v) is 10.5. The number of nitrogens with one attached hydrogen (secondary N) is 1. The zero-order valence-electron chi connectivity index (χ0n) is 15.9. The largest absolute Gasteiger partial charge is 0.476 e.